The summed E-state index contributed by atoms with van der Waals surface area (Å²) in [5, 5.41) is 9.87. The van der Waals surface area contributed by atoms with Crippen molar-refractivity contribution < 1.29 is 0 Å². The van der Waals surface area contributed by atoms with Crippen LogP contribution in [0.5, 0.6) is 0 Å². The first-order valence-electron chi connectivity index (χ1n) is 4.99. The van der Waals surface area contributed by atoms with Gasteiger partial charge in [0.1, 0.15) is 6.29 Å². The van der Waals surface area contributed by atoms with Gasteiger partial charge in [-0.05, 0) is 19.6 Å². The fourth-order valence-electron chi connectivity index (χ4n) is 1.60. The van der Waals surface area contributed by atoms with Crippen molar-refractivity contribution in [3.63, 3.8) is 0 Å². The summed E-state index contributed by atoms with van der Waals surface area (Å²) in [6, 6.07) is 0.470. The van der Waals surface area contributed by atoms with E-state index < -0.39 is 0 Å². The molecule has 0 radical (unpaired) electrons. The van der Waals surface area contributed by atoms with Crippen molar-refractivity contribution in [1.82, 2.24) is 20.7 Å². The molecule has 1 aliphatic rings. The Morgan fingerprint density at radius 1 is 1.43 bits per heavy atom. The van der Waals surface area contributed by atoms with E-state index in [1.165, 1.54) is 0 Å². The topological polar surface area (TPSA) is 74.1 Å². The predicted molar refractivity (Wildman–Crippen MR) is 61.6 cm³/mol. The molecule has 3 atom stereocenters. The van der Waals surface area contributed by atoms with E-state index in [0.29, 0.717) is 12.2 Å². The van der Waals surface area contributed by atoms with Crippen LogP contribution in [-0.4, -0.2) is 37.8 Å². The highest BCUT2D eigenvalue weighted by atomic mass is 32.2. The molecule has 0 bridgehead atoms. The lowest BCUT2D eigenvalue weighted by molar-refractivity contribution is 0.228. The molecule has 1 rings (SSSR count). The Labute approximate surface area is 90.1 Å². The molecule has 0 aliphatic carbocycles. The monoisotopic (exact) mass is 219 g/mol. The second-order valence-corrected chi connectivity index (χ2v) is 4.25. The first-order valence-corrected chi connectivity index (χ1v) is 6.21. The van der Waals surface area contributed by atoms with E-state index in [9.17, 15) is 0 Å². The summed E-state index contributed by atoms with van der Waals surface area (Å²) < 4.78 is 3.19. The zero-order chi connectivity index (χ0) is 10.4. The van der Waals surface area contributed by atoms with Crippen LogP contribution in [0.25, 0.3) is 0 Å². The lowest BCUT2D eigenvalue weighted by Crippen LogP contribution is -2.65. The molecule has 1 fully saturated rings. The molecule has 0 saturated carbocycles. The molecule has 0 aromatic carbocycles. The standard InChI is InChI=1S/C8H21N5S/c1-6-5-7(13-8(9)12-6)10-3-4-11-14-2/h6-8,10-13H,3-5,9H2,1-2H3. The van der Waals surface area contributed by atoms with Crippen molar-refractivity contribution >= 4 is 11.9 Å². The van der Waals surface area contributed by atoms with Crippen molar-refractivity contribution in [2.24, 2.45) is 5.73 Å². The van der Waals surface area contributed by atoms with Gasteiger partial charge in [-0.1, -0.05) is 11.9 Å². The van der Waals surface area contributed by atoms with E-state index in [0.717, 1.165) is 19.5 Å². The second kappa shape index (κ2) is 6.60. The lowest BCUT2D eigenvalue weighted by Gasteiger charge is -2.34. The first kappa shape index (κ1) is 12.2. The molecule has 6 N–H and O–H groups in total. The molecule has 0 aromatic heterocycles. The Balaban J connectivity index is 2.10. The van der Waals surface area contributed by atoms with Crippen LogP contribution in [-0.2, 0) is 0 Å². The van der Waals surface area contributed by atoms with Gasteiger partial charge in [0.25, 0.3) is 0 Å². The maximum absolute atomic E-state index is 5.76. The number of nitrogens with two attached hydrogens (primary N) is 1. The van der Waals surface area contributed by atoms with Gasteiger partial charge in [0, 0.05) is 19.1 Å². The molecule has 0 aromatic rings. The normalized spacial score (nSPS) is 33.2. The minimum Gasteiger partial charge on any atom is -0.304 e. The fourth-order valence-corrected chi connectivity index (χ4v) is 1.91. The Bertz CT molecular complexity index is 147. The number of hydrogen-bond donors (Lipinski definition) is 5. The lowest BCUT2D eigenvalue weighted by atomic mass is 10.1. The Hall–Kier alpha value is 0.150. The van der Waals surface area contributed by atoms with Crippen LogP contribution in [0.3, 0.4) is 0 Å². The Kier molecular flexibility index (Phi) is 5.76. The van der Waals surface area contributed by atoms with Crippen LogP contribution in [0.1, 0.15) is 13.3 Å². The quantitative estimate of drug-likeness (QED) is 0.301. The zero-order valence-electron chi connectivity index (χ0n) is 8.84. The summed E-state index contributed by atoms with van der Waals surface area (Å²) in [6.07, 6.45) is 3.32. The molecule has 6 heteroatoms. The van der Waals surface area contributed by atoms with Crippen LogP contribution in [0, 0.1) is 0 Å². The van der Waals surface area contributed by atoms with Crippen LogP contribution in [0.2, 0.25) is 0 Å². The largest absolute Gasteiger partial charge is 0.304 e. The van der Waals surface area contributed by atoms with Gasteiger partial charge in [-0.25, -0.2) is 0 Å². The molecule has 1 aliphatic heterocycles. The summed E-state index contributed by atoms with van der Waals surface area (Å²) >= 11 is 1.64. The van der Waals surface area contributed by atoms with Crippen LogP contribution < -0.4 is 26.4 Å². The molecular formula is C8H21N5S. The van der Waals surface area contributed by atoms with Crippen molar-refractivity contribution in [2.75, 3.05) is 19.3 Å². The SMILES string of the molecule is CSNCCNC1CC(C)NC(N)N1. The van der Waals surface area contributed by atoms with Crippen LogP contribution >= 0.6 is 11.9 Å². The zero-order valence-corrected chi connectivity index (χ0v) is 9.66. The summed E-state index contributed by atoms with van der Waals surface area (Å²) in [7, 11) is 0. The highest BCUT2D eigenvalue weighted by Crippen LogP contribution is 2.00. The molecule has 0 spiro atoms. The highest BCUT2D eigenvalue weighted by Gasteiger charge is 2.21. The van der Waals surface area contributed by atoms with Crippen molar-refractivity contribution in [3.8, 4) is 0 Å². The number of rotatable bonds is 5. The van der Waals surface area contributed by atoms with Gasteiger partial charge in [0.15, 0.2) is 0 Å². The number of nitrogens with one attached hydrogen (secondary N) is 4. The molecule has 1 heterocycles. The minimum absolute atomic E-state index is 0.0928. The van der Waals surface area contributed by atoms with Crippen molar-refractivity contribution in [3.05, 3.63) is 0 Å². The summed E-state index contributed by atoms with van der Waals surface area (Å²) in [5.74, 6) is 0. The maximum atomic E-state index is 5.76. The van der Waals surface area contributed by atoms with E-state index in [2.05, 4.69) is 27.6 Å². The third-order valence-corrected chi connectivity index (χ3v) is 2.69. The van der Waals surface area contributed by atoms with Gasteiger partial charge in [0.05, 0.1) is 6.17 Å². The third-order valence-electron chi connectivity index (χ3n) is 2.20. The molecule has 0 amide bonds. The fraction of sp³-hybridized carbons (Fsp3) is 1.00. The predicted octanol–water partition coefficient (Wildman–Crippen LogP) is -1.02. The van der Waals surface area contributed by atoms with E-state index in [1.807, 2.05) is 6.26 Å². The molecule has 3 unspecified atom stereocenters. The van der Waals surface area contributed by atoms with Crippen LogP contribution in [0.15, 0.2) is 0 Å². The first-order chi connectivity index (χ1) is 6.72. The average molecular weight is 219 g/mol. The van der Waals surface area contributed by atoms with Gasteiger partial charge >= 0.3 is 0 Å². The summed E-state index contributed by atoms with van der Waals surface area (Å²) in [5.41, 5.74) is 5.76. The van der Waals surface area contributed by atoms with E-state index in [-0.39, 0.29) is 6.29 Å². The van der Waals surface area contributed by atoms with Gasteiger partial charge in [-0.2, -0.15) is 0 Å². The molecule has 5 nitrogen and oxygen atoms in total. The van der Waals surface area contributed by atoms with Crippen LogP contribution in [0.4, 0.5) is 0 Å². The molecule has 84 valence electrons. The van der Waals surface area contributed by atoms with E-state index >= 15 is 0 Å². The van der Waals surface area contributed by atoms with Crippen molar-refractivity contribution in [2.45, 2.75) is 31.8 Å². The van der Waals surface area contributed by atoms with E-state index in [4.69, 9.17) is 5.73 Å². The Morgan fingerprint density at radius 2 is 2.21 bits per heavy atom. The third kappa shape index (κ3) is 4.59. The summed E-state index contributed by atoms with van der Waals surface area (Å²) in [4.78, 5) is 0. The Morgan fingerprint density at radius 3 is 2.86 bits per heavy atom. The second-order valence-electron chi connectivity index (χ2n) is 3.55. The van der Waals surface area contributed by atoms with Gasteiger partial charge in [0.2, 0.25) is 0 Å². The molecular weight excluding hydrogens is 198 g/mol. The average Bonchev–Trinajstić information content (AvgIpc) is 2.11. The van der Waals surface area contributed by atoms with Crippen molar-refractivity contribution in [1.29, 1.82) is 0 Å². The summed E-state index contributed by atoms with van der Waals surface area (Å²) in [6.45, 7) is 4.07. The highest BCUT2D eigenvalue weighted by molar-refractivity contribution is 7.96. The van der Waals surface area contributed by atoms with Gasteiger partial charge in [-0.15, -0.1) is 0 Å². The van der Waals surface area contributed by atoms with Gasteiger partial charge < -0.3 is 11.1 Å². The van der Waals surface area contributed by atoms with E-state index in [1.54, 1.807) is 11.9 Å². The smallest absolute Gasteiger partial charge is 0.110 e. The molecule has 14 heavy (non-hydrogen) atoms. The maximum Gasteiger partial charge on any atom is 0.110 e. The number of hydrogen-bond acceptors (Lipinski definition) is 6. The van der Waals surface area contributed by atoms with Gasteiger partial charge in [-0.3, -0.25) is 15.4 Å². The molecule has 1 saturated heterocycles. The minimum atomic E-state index is -0.0928.